The summed E-state index contributed by atoms with van der Waals surface area (Å²) in [6.07, 6.45) is 0.598. The van der Waals surface area contributed by atoms with E-state index in [0.29, 0.717) is 17.7 Å². The number of hydrogen-bond donors (Lipinski definition) is 2. The molecule has 6 heteroatoms. The molecule has 1 aromatic carbocycles. The summed E-state index contributed by atoms with van der Waals surface area (Å²) in [5.74, 6) is -0.978. The number of hydrogen-bond acceptors (Lipinski definition) is 4. The summed E-state index contributed by atoms with van der Waals surface area (Å²) in [5, 5.41) is 2.69. The van der Waals surface area contributed by atoms with Gasteiger partial charge in [0, 0.05) is 16.7 Å². The molecule has 0 heterocycles. The van der Waals surface area contributed by atoms with Crippen molar-refractivity contribution < 1.29 is 14.3 Å². The van der Waals surface area contributed by atoms with E-state index in [1.165, 1.54) is 7.11 Å². The fourth-order valence-corrected chi connectivity index (χ4v) is 1.96. The normalized spacial score (nSPS) is 11.7. The molecule has 0 aliphatic rings. The van der Waals surface area contributed by atoms with E-state index >= 15 is 0 Å². The fourth-order valence-electron chi connectivity index (χ4n) is 1.60. The van der Waals surface area contributed by atoms with Crippen LogP contribution in [0.5, 0.6) is 0 Å². The van der Waals surface area contributed by atoms with Crippen LogP contribution in [0.2, 0.25) is 0 Å². The van der Waals surface area contributed by atoms with Gasteiger partial charge in [0.05, 0.1) is 18.6 Å². The first-order valence-electron chi connectivity index (χ1n) is 5.90. The number of amides is 1. The number of carbonyl (C=O) groups excluding carboxylic acids is 2. The van der Waals surface area contributed by atoms with Crippen LogP contribution in [0, 0.1) is 5.92 Å². The maximum Gasteiger partial charge on any atom is 0.310 e. The first-order chi connectivity index (χ1) is 8.99. The van der Waals surface area contributed by atoms with E-state index in [9.17, 15) is 9.59 Å². The van der Waals surface area contributed by atoms with Crippen molar-refractivity contribution in [2.75, 3.05) is 19.4 Å². The van der Waals surface area contributed by atoms with Gasteiger partial charge in [-0.15, -0.1) is 0 Å². The van der Waals surface area contributed by atoms with Gasteiger partial charge in [-0.1, -0.05) is 22.9 Å². The van der Waals surface area contributed by atoms with Crippen LogP contribution in [0.15, 0.2) is 22.7 Å². The molecule has 3 N–H and O–H groups in total. The number of halogens is 1. The number of methoxy groups -OCH3 is 1. The van der Waals surface area contributed by atoms with E-state index in [4.69, 9.17) is 5.73 Å². The second-order valence-corrected chi connectivity index (χ2v) is 4.99. The minimum atomic E-state index is -0.345. The van der Waals surface area contributed by atoms with Gasteiger partial charge in [-0.2, -0.15) is 0 Å². The van der Waals surface area contributed by atoms with Crippen LogP contribution in [0.25, 0.3) is 0 Å². The van der Waals surface area contributed by atoms with Gasteiger partial charge in [0.25, 0.3) is 5.91 Å². The first kappa shape index (κ1) is 15.5. The lowest BCUT2D eigenvalue weighted by atomic mass is 10.1. The summed E-state index contributed by atoms with van der Waals surface area (Å²) in [6.45, 7) is 2.09. The molecule has 5 nitrogen and oxygen atoms in total. The van der Waals surface area contributed by atoms with Crippen molar-refractivity contribution in [2.24, 2.45) is 5.92 Å². The SMILES string of the molecule is CCC(CNC(=O)c1cc(Br)ccc1N)C(=O)OC. The van der Waals surface area contributed by atoms with Gasteiger partial charge in [-0.25, -0.2) is 0 Å². The molecule has 0 radical (unpaired) electrons. The second-order valence-electron chi connectivity index (χ2n) is 4.07. The van der Waals surface area contributed by atoms with E-state index in [2.05, 4.69) is 26.0 Å². The van der Waals surface area contributed by atoms with Crippen molar-refractivity contribution in [3.8, 4) is 0 Å². The summed E-state index contributed by atoms with van der Waals surface area (Å²) in [7, 11) is 1.33. The Morgan fingerprint density at radius 3 is 2.74 bits per heavy atom. The van der Waals surface area contributed by atoms with Crippen molar-refractivity contribution in [2.45, 2.75) is 13.3 Å². The van der Waals surface area contributed by atoms with Crippen molar-refractivity contribution in [1.29, 1.82) is 0 Å². The number of nitrogens with one attached hydrogen (secondary N) is 1. The third-order valence-electron chi connectivity index (χ3n) is 2.80. The number of nitrogen functional groups attached to an aromatic ring is 1. The lowest BCUT2D eigenvalue weighted by Gasteiger charge is -2.14. The molecule has 0 aliphatic heterocycles. The van der Waals surface area contributed by atoms with Crippen LogP contribution in [-0.4, -0.2) is 25.5 Å². The van der Waals surface area contributed by atoms with Gasteiger partial charge in [0.1, 0.15) is 0 Å². The predicted molar refractivity (Wildman–Crippen MR) is 76.7 cm³/mol. The van der Waals surface area contributed by atoms with Crippen LogP contribution < -0.4 is 11.1 Å². The van der Waals surface area contributed by atoms with E-state index in [1.54, 1.807) is 18.2 Å². The fraction of sp³-hybridized carbons (Fsp3) is 0.385. The summed E-state index contributed by atoms with van der Waals surface area (Å²) in [5.41, 5.74) is 6.52. The highest BCUT2D eigenvalue weighted by Gasteiger charge is 2.19. The third-order valence-corrected chi connectivity index (χ3v) is 3.29. The maximum atomic E-state index is 12.0. The van der Waals surface area contributed by atoms with Gasteiger partial charge in [0.2, 0.25) is 0 Å². The molecule has 0 spiro atoms. The average Bonchev–Trinajstić information content (AvgIpc) is 2.41. The monoisotopic (exact) mass is 328 g/mol. The molecule has 0 fully saturated rings. The highest BCUT2D eigenvalue weighted by Crippen LogP contribution is 2.18. The van der Waals surface area contributed by atoms with Crippen LogP contribution >= 0.6 is 15.9 Å². The molecule has 104 valence electrons. The van der Waals surface area contributed by atoms with Gasteiger partial charge in [-0.3, -0.25) is 9.59 Å². The summed E-state index contributed by atoms with van der Waals surface area (Å²) < 4.78 is 5.43. The van der Waals surface area contributed by atoms with E-state index in [1.807, 2.05) is 6.92 Å². The lowest BCUT2D eigenvalue weighted by Crippen LogP contribution is -2.33. The number of rotatable bonds is 5. The number of benzene rings is 1. The molecule has 1 amide bonds. The maximum absolute atomic E-state index is 12.0. The van der Waals surface area contributed by atoms with Crippen molar-refractivity contribution in [3.05, 3.63) is 28.2 Å². The highest BCUT2D eigenvalue weighted by molar-refractivity contribution is 9.10. The quantitative estimate of drug-likeness (QED) is 0.639. The van der Waals surface area contributed by atoms with E-state index in [-0.39, 0.29) is 24.3 Å². The Balaban J connectivity index is 2.69. The number of anilines is 1. The number of carbonyl (C=O) groups is 2. The highest BCUT2D eigenvalue weighted by atomic mass is 79.9. The van der Waals surface area contributed by atoms with Crippen LogP contribution in [0.4, 0.5) is 5.69 Å². The third kappa shape index (κ3) is 4.24. The standard InChI is InChI=1S/C13H17BrN2O3/c1-3-8(13(18)19-2)7-16-12(17)10-6-9(14)4-5-11(10)15/h4-6,8H,3,7,15H2,1-2H3,(H,16,17). The molecule has 19 heavy (non-hydrogen) atoms. The smallest absolute Gasteiger partial charge is 0.310 e. The van der Waals surface area contributed by atoms with Crippen molar-refractivity contribution >= 4 is 33.5 Å². The van der Waals surface area contributed by atoms with Crippen molar-refractivity contribution in [1.82, 2.24) is 5.32 Å². The molecule has 0 saturated heterocycles. The van der Waals surface area contributed by atoms with Gasteiger partial charge in [0.15, 0.2) is 0 Å². The summed E-state index contributed by atoms with van der Waals surface area (Å²) in [4.78, 5) is 23.4. The topological polar surface area (TPSA) is 81.4 Å². The minimum absolute atomic E-state index is 0.230. The first-order valence-corrected chi connectivity index (χ1v) is 6.70. The molecule has 0 aliphatic carbocycles. The van der Waals surface area contributed by atoms with Gasteiger partial charge < -0.3 is 15.8 Å². The zero-order valence-corrected chi connectivity index (χ0v) is 12.5. The Kier molecular flexibility index (Phi) is 5.82. The molecular formula is C13H17BrN2O3. The molecule has 0 saturated carbocycles. The summed E-state index contributed by atoms with van der Waals surface area (Å²) in [6, 6.07) is 5.05. The average molecular weight is 329 g/mol. The lowest BCUT2D eigenvalue weighted by molar-refractivity contribution is -0.145. The minimum Gasteiger partial charge on any atom is -0.469 e. The molecule has 1 unspecified atom stereocenters. The number of esters is 1. The zero-order chi connectivity index (χ0) is 14.4. The Morgan fingerprint density at radius 2 is 2.16 bits per heavy atom. The largest absolute Gasteiger partial charge is 0.469 e. The molecule has 1 rings (SSSR count). The number of ether oxygens (including phenoxy) is 1. The van der Waals surface area contributed by atoms with Gasteiger partial charge >= 0.3 is 5.97 Å². The molecule has 0 aromatic heterocycles. The number of nitrogens with two attached hydrogens (primary N) is 1. The predicted octanol–water partition coefficient (Wildman–Crippen LogP) is 1.96. The van der Waals surface area contributed by atoms with Crippen molar-refractivity contribution in [3.63, 3.8) is 0 Å². The molecule has 0 bridgehead atoms. The Morgan fingerprint density at radius 1 is 1.47 bits per heavy atom. The Hall–Kier alpha value is -1.56. The summed E-state index contributed by atoms with van der Waals surface area (Å²) >= 11 is 3.28. The molecular weight excluding hydrogens is 312 g/mol. The van der Waals surface area contributed by atoms with Crippen LogP contribution in [0.3, 0.4) is 0 Å². The Labute approximate surface area is 120 Å². The van der Waals surface area contributed by atoms with E-state index < -0.39 is 0 Å². The molecule has 1 aromatic rings. The van der Waals surface area contributed by atoms with Gasteiger partial charge in [-0.05, 0) is 24.6 Å². The van der Waals surface area contributed by atoms with Crippen LogP contribution in [0.1, 0.15) is 23.7 Å². The van der Waals surface area contributed by atoms with Crippen LogP contribution in [-0.2, 0) is 9.53 Å². The zero-order valence-electron chi connectivity index (χ0n) is 10.9. The second kappa shape index (κ2) is 7.13. The molecule has 1 atom stereocenters. The van der Waals surface area contributed by atoms with E-state index in [0.717, 1.165) is 4.47 Å². The Bertz CT molecular complexity index is 477.